The maximum atomic E-state index is 11.4. The maximum absolute atomic E-state index is 11.4. The molecule has 1 amide bonds. The van der Waals surface area contributed by atoms with Gasteiger partial charge in [-0.2, -0.15) is 0 Å². The molecule has 114 valence electrons. The predicted octanol–water partition coefficient (Wildman–Crippen LogP) is 0.354. The number of likely N-dealkylation sites (N-methyl/N-ethyl adjacent to an activating group) is 1. The molecule has 6 heteroatoms. The monoisotopic (exact) mass is 289 g/mol. The minimum absolute atomic E-state index is 0.303. The summed E-state index contributed by atoms with van der Waals surface area (Å²) in [6.45, 7) is 3.08. The lowest BCUT2D eigenvalue weighted by molar-refractivity contribution is 0.0953. The quantitative estimate of drug-likeness (QED) is 0.477. The second kappa shape index (κ2) is 6.09. The molecule has 21 heavy (non-hydrogen) atoms. The van der Waals surface area contributed by atoms with Crippen LogP contribution < -0.4 is 11.3 Å². The van der Waals surface area contributed by atoms with Gasteiger partial charge < -0.3 is 0 Å². The van der Waals surface area contributed by atoms with Crippen molar-refractivity contribution in [3.8, 4) is 0 Å². The molecule has 3 heterocycles. The Morgan fingerprint density at radius 3 is 2.90 bits per heavy atom. The third-order valence-electron chi connectivity index (χ3n) is 4.84. The lowest BCUT2D eigenvalue weighted by Crippen LogP contribution is -2.36. The van der Waals surface area contributed by atoms with Crippen molar-refractivity contribution in [2.24, 2.45) is 5.84 Å². The highest BCUT2D eigenvalue weighted by Crippen LogP contribution is 2.28. The van der Waals surface area contributed by atoms with E-state index in [0.29, 0.717) is 11.6 Å². The number of hydrogen-bond acceptors (Lipinski definition) is 5. The van der Waals surface area contributed by atoms with Gasteiger partial charge in [-0.25, -0.2) is 5.84 Å². The van der Waals surface area contributed by atoms with Gasteiger partial charge in [-0.3, -0.25) is 25.0 Å². The number of nitrogens with two attached hydrogens (primary N) is 1. The normalized spacial score (nSPS) is 26.6. The van der Waals surface area contributed by atoms with Crippen molar-refractivity contribution in [1.82, 2.24) is 20.2 Å². The van der Waals surface area contributed by atoms with Crippen LogP contribution in [0.4, 0.5) is 0 Å². The van der Waals surface area contributed by atoms with Crippen LogP contribution in [0.15, 0.2) is 18.3 Å². The van der Waals surface area contributed by atoms with Gasteiger partial charge in [-0.1, -0.05) is 0 Å². The van der Waals surface area contributed by atoms with Crippen molar-refractivity contribution >= 4 is 5.91 Å². The molecule has 3 N–H and O–H groups in total. The highest BCUT2D eigenvalue weighted by molar-refractivity contribution is 5.93. The van der Waals surface area contributed by atoms with Gasteiger partial charge in [0, 0.05) is 37.9 Å². The molecule has 2 unspecified atom stereocenters. The van der Waals surface area contributed by atoms with Crippen LogP contribution in [0.25, 0.3) is 0 Å². The van der Waals surface area contributed by atoms with Gasteiger partial charge in [0.05, 0.1) is 11.3 Å². The van der Waals surface area contributed by atoms with Gasteiger partial charge in [0.25, 0.3) is 5.91 Å². The van der Waals surface area contributed by atoms with Gasteiger partial charge in [-0.15, -0.1) is 0 Å². The van der Waals surface area contributed by atoms with Crippen LogP contribution >= 0.6 is 0 Å². The fraction of sp³-hybridized carbons (Fsp3) is 0.600. The first-order valence-electron chi connectivity index (χ1n) is 7.57. The summed E-state index contributed by atoms with van der Waals surface area (Å²) in [6, 6.07) is 5.13. The molecule has 2 bridgehead atoms. The molecular formula is C15H23N5O. The molecule has 0 radical (unpaired) electrons. The predicted molar refractivity (Wildman–Crippen MR) is 80.4 cm³/mol. The Bertz CT molecular complexity index is 503. The summed E-state index contributed by atoms with van der Waals surface area (Å²) >= 11 is 0. The smallest absolute Gasteiger partial charge is 0.266 e. The number of carbonyl (C=O) groups excluding carboxylic acids is 1. The van der Waals surface area contributed by atoms with E-state index in [-0.39, 0.29) is 5.91 Å². The van der Waals surface area contributed by atoms with Crippen LogP contribution in [0, 0.1) is 0 Å². The lowest BCUT2D eigenvalue weighted by Gasteiger charge is -2.25. The molecule has 0 aromatic carbocycles. The molecule has 0 spiro atoms. The van der Waals surface area contributed by atoms with Crippen molar-refractivity contribution in [3.05, 3.63) is 29.6 Å². The van der Waals surface area contributed by atoms with Crippen molar-refractivity contribution in [1.29, 1.82) is 0 Å². The number of hydrogen-bond donors (Lipinski definition) is 2. The number of fused-ring (bicyclic) bond motifs is 2. The molecule has 0 aliphatic carbocycles. The van der Waals surface area contributed by atoms with Crippen LogP contribution in [0.2, 0.25) is 0 Å². The Morgan fingerprint density at radius 2 is 2.19 bits per heavy atom. The number of aromatic nitrogens is 1. The summed E-state index contributed by atoms with van der Waals surface area (Å²) in [5.41, 5.74) is 3.62. The SMILES string of the molecule is CN1C2CCC1CN(Cc1ccc(C(=O)NN)cn1)CC2. The molecule has 1 aromatic rings. The van der Waals surface area contributed by atoms with E-state index in [4.69, 9.17) is 5.84 Å². The Kier molecular flexibility index (Phi) is 4.19. The summed E-state index contributed by atoms with van der Waals surface area (Å²) in [4.78, 5) is 20.8. The van der Waals surface area contributed by atoms with Gasteiger partial charge in [-0.05, 0) is 38.4 Å². The van der Waals surface area contributed by atoms with E-state index >= 15 is 0 Å². The zero-order chi connectivity index (χ0) is 14.8. The number of nitrogens with one attached hydrogen (secondary N) is 1. The number of carbonyl (C=O) groups is 1. The zero-order valence-electron chi connectivity index (χ0n) is 12.5. The van der Waals surface area contributed by atoms with Crippen LogP contribution in [-0.4, -0.2) is 52.9 Å². The topological polar surface area (TPSA) is 74.5 Å². The number of hydrazine groups is 1. The number of pyridine rings is 1. The van der Waals surface area contributed by atoms with E-state index in [1.54, 1.807) is 12.3 Å². The lowest BCUT2D eigenvalue weighted by atomic mass is 10.1. The van der Waals surface area contributed by atoms with E-state index < -0.39 is 0 Å². The molecule has 2 aliphatic heterocycles. The summed E-state index contributed by atoms with van der Waals surface area (Å²) in [5, 5.41) is 0. The number of nitrogen functional groups attached to an aromatic ring is 1. The number of likely N-dealkylation sites (tertiary alicyclic amines) is 1. The summed E-state index contributed by atoms with van der Waals surface area (Å²) < 4.78 is 0. The van der Waals surface area contributed by atoms with Crippen molar-refractivity contribution in [2.75, 3.05) is 20.1 Å². The van der Waals surface area contributed by atoms with Gasteiger partial charge >= 0.3 is 0 Å². The number of nitrogens with zero attached hydrogens (tertiary/aromatic N) is 3. The van der Waals surface area contributed by atoms with Crippen LogP contribution in [0.3, 0.4) is 0 Å². The molecule has 0 saturated carbocycles. The average Bonchev–Trinajstić information content (AvgIpc) is 2.75. The van der Waals surface area contributed by atoms with Crippen molar-refractivity contribution in [3.63, 3.8) is 0 Å². The van der Waals surface area contributed by atoms with Crippen LogP contribution in [0.1, 0.15) is 35.3 Å². The second-order valence-electron chi connectivity index (χ2n) is 6.09. The first-order valence-corrected chi connectivity index (χ1v) is 7.57. The Labute approximate surface area is 125 Å². The zero-order valence-corrected chi connectivity index (χ0v) is 12.5. The molecule has 2 fully saturated rings. The molecule has 6 nitrogen and oxygen atoms in total. The maximum Gasteiger partial charge on any atom is 0.266 e. The van der Waals surface area contributed by atoms with Crippen molar-refractivity contribution in [2.45, 2.75) is 37.9 Å². The minimum atomic E-state index is -0.303. The minimum Gasteiger partial charge on any atom is -0.299 e. The highest BCUT2D eigenvalue weighted by atomic mass is 16.2. The summed E-state index contributed by atoms with van der Waals surface area (Å²) in [7, 11) is 2.25. The summed E-state index contributed by atoms with van der Waals surface area (Å²) in [5.74, 6) is 4.81. The van der Waals surface area contributed by atoms with Gasteiger partial charge in [0.2, 0.25) is 0 Å². The fourth-order valence-corrected chi connectivity index (χ4v) is 3.49. The third kappa shape index (κ3) is 3.07. The highest BCUT2D eigenvalue weighted by Gasteiger charge is 2.34. The first kappa shape index (κ1) is 14.4. The molecule has 3 rings (SSSR count). The number of amides is 1. The Morgan fingerprint density at radius 1 is 1.38 bits per heavy atom. The average molecular weight is 289 g/mol. The van der Waals surface area contributed by atoms with E-state index in [0.717, 1.165) is 31.4 Å². The first-order chi connectivity index (χ1) is 10.2. The Hall–Kier alpha value is -1.50. The van der Waals surface area contributed by atoms with E-state index in [1.807, 2.05) is 6.07 Å². The standard InChI is InChI=1S/C15H23N5O/c1-19-13-4-5-14(19)10-20(7-6-13)9-12-3-2-11(8-17-12)15(21)18-16/h2-3,8,13-14H,4-7,9-10,16H2,1H3,(H,18,21). The third-order valence-corrected chi connectivity index (χ3v) is 4.84. The molecular weight excluding hydrogens is 266 g/mol. The largest absolute Gasteiger partial charge is 0.299 e. The number of rotatable bonds is 3. The van der Waals surface area contributed by atoms with E-state index in [9.17, 15) is 4.79 Å². The van der Waals surface area contributed by atoms with E-state index in [2.05, 4.69) is 27.3 Å². The Balaban J connectivity index is 1.63. The van der Waals surface area contributed by atoms with Crippen LogP contribution in [0.5, 0.6) is 0 Å². The molecule has 2 atom stereocenters. The van der Waals surface area contributed by atoms with Crippen molar-refractivity contribution < 1.29 is 4.79 Å². The van der Waals surface area contributed by atoms with Gasteiger partial charge in [0.1, 0.15) is 0 Å². The fourth-order valence-electron chi connectivity index (χ4n) is 3.49. The molecule has 1 aromatic heterocycles. The second-order valence-corrected chi connectivity index (χ2v) is 6.09. The van der Waals surface area contributed by atoms with Crippen LogP contribution in [-0.2, 0) is 6.54 Å². The summed E-state index contributed by atoms with van der Waals surface area (Å²) in [6.07, 6.45) is 5.48. The van der Waals surface area contributed by atoms with E-state index in [1.165, 1.54) is 19.3 Å². The van der Waals surface area contributed by atoms with Gasteiger partial charge in [0.15, 0.2) is 0 Å². The molecule has 2 aliphatic rings. The molecule has 2 saturated heterocycles.